The fourth-order valence-electron chi connectivity index (χ4n) is 2.60. The molecule has 1 heterocycles. The van der Waals surface area contributed by atoms with Gasteiger partial charge in [-0.3, -0.25) is 14.1 Å². The summed E-state index contributed by atoms with van der Waals surface area (Å²) in [5.74, 6) is -0.842. The van der Waals surface area contributed by atoms with Crippen LogP contribution in [0.3, 0.4) is 0 Å². The van der Waals surface area contributed by atoms with Gasteiger partial charge in [0.25, 0.3) is 20.2 Å². The van der Waals surface area contributed by atoms with E-state index in [4.69, 9.17) is 18.9 Å². The van der Waals surface area contributed by atoms with E-state index in [1.807, 2.05) is 0 Å². The van der Waals surface area contributed by atoms with E-state index in [0.717, 1.165) is 31.3 Å². The molecule has 0 aliphatic heterocycles. The highest BCUT2D eigenvalue weighted by atomic mass is 32.2. The summed E-state index contributed by atoms with van der Waals surface area (Å²) in [6.07, 6.45) is 0. The molecule has 20 heteroatoms. The zero-order valence-corrected chi connectivity index (χ0v) is 22.9. The zero-order chi connectivity index (χ0) is 28.0. The Balaban J connectivity index is 2.33. The first-order valence-corrected chi connectivity index (χ1v) is 14.4. The minimum atomic E-state index is -4.47. The molecule has 2 aromatic rings. The van der Waals surface area contributed by atoms with Crippen molar-refractivity contribution in [1.82, 2.24) is 25.7 Å². The molecule has 0 radical (unpaired) electrons. The van der Waals surface area contributed by atoms with E-state index in [9.17, 15) is 21.4 Å². The summed E-state index contributed by atoms with van der Waals surface area (Å²) in [5, 5.41) is 17.4. The molecule has 0 saturated heterocycles. The topological polar surface area (TPSA) is 232 Å². The van der Waals surface area contributed by atoms with Gasteiger partial charge in [-0.15, -0.1) is 0 Å². The molecule has 0 fully saturated rings. The molecule has 0 aliphatic rings. The van der Waals surface area contributed by atoms with Crippen LogP contribution in [-0.4, -0.2) is 95.4 Å². The van der Waals surface area contributed by atoms with Crippen molar-refractivity contribution < 1.29 is 44.4 Å². The molecule has 0 amide bonds. The number of aromatic nitrogens is 3. The molecule has 38 heavy (non-hydrogen) atoms. The first-order valence-electron chi connectivity index (χ1n) is 10.7. The Kier molecular flexibility index (Phi) is 13.5. The molecule has 0 unspecified atom stereocenters. The highest BCUT2D eigenvalue weighted by Gasteiger charge is 2.19. The van der Waals surface area contributed by atoms with Crippen molar-refractivity contribution in [2.24, 2.45) is 0 Å². The van der Waals surface area contributed by atoms with Crippen LogP contribution in [0.2, 0.25) is 0 Å². The number of hydroxylamine groups is 1. The quantitative estimate of drug-likeness (QED) is 0.0296. The Morgan fingerprint density at radius 1 is 1.05 bits per heavy atom. The number of hydrogen-bond acceptors (Lipinski definition) is 17. The molecule has 0 aliphatic carbocycles. The van der Waals surface area contributed by atoms with Crippen LogP contribution in [0.5, 0.6) is 0 Å². The standard InChI is InChI=1S/C18H29N7O10S3/c1-32-12-19-11-21-35-36-18-24-16(20-5-7-34-8-6-26)23-17(25-18)22-15-9-14(38(30,31)33-2)4-3-13(15)10-37(27,28)29/h3-4,9,19,21,26H,5-8,10-12H2,1-2H3,(H,27,28,29)(H2,20,22,23,24,25). The average molecular weight is 600 g/mol. The number of aliphatic hydroxyl groups excluding tert-OH is 1. The van der Waals surface area contributed by atoms with Crippen molar-refractivity contribution in [1.29, 1.82) is 0 Å². The predicted molar refractivity (Wildman–Crippen MR) is 135 cm³/mol. The Morgan fingerprint density at radius 3 is 2.50 bits per heavy atom. The monoisotopic (exact) mass is 599 g/mol. The van der Waals surface area contributed by atoms with Gasteiger partial charge in [0.1, 0.15) is 5.75 Å². The molecule has 0 spiro atoms. The van der Waals surface area contributed by atoms with E-state index in [1.165, 1.54) is 13.2 Å². The lowest BCUT2D eigenvalue weighted by atomic mass is 10.2. The van der Waals surface area contributed by atoms with Crippen LogP contribution in [0.1, 0.15) is 5.56 Å². The van der Waals surface area contributed by atoms with Gasteiger partial charge in [0, 0.05) is 19.3 Å². The zero-order valence-electron chi connectivity index (χ0n) is 20.4. The largest absolute Gasteiger partial charge is 0.394 e. The van der Waals surface area contributed by atoms with Crippen LogP contribution >= 0.6 is 12.0 Å². The Morgan fingerprint density at radius 2 is 1.82 bits per heavy atom. The van der Waals surface area contributed by atoms with Gasteiger partial charge < -0.3 is 25.2 Å². The summed E-state index contributed by atoms with van der Waals surface area (Å²) in [6, 6.07) is 3.46. The van der Waals surface area contributed by atoms with Crippen molar-refractivity contribution in [3.63, 3.8) is 0 Å². The Labute approximate surface area is 224 Å². The third-order valence-electron chi connectivity index (χ3n) is 4.17. The van der Waals surface area contributed by atoms with Crippen molar-refractivity contribution >= 4 is 49.9 Å². The fourth-order valence-corrected chi connectivity index (χ4v) is 4.37. The number of nitrogens with one attached hydrogen (secondary N) is 4. The van der Waals surface area contributed by atoms with Crippen molar-refractivity contribution in [2.45, 2.75) is 15.8 Å². The van der Waals surface area contributed by atoms with Gasteiger partial charge in [-0.1, -0.05) is 6.07 Å². The number of ether oxygens (including phenoxy) is 2. The fraction of sp³-hybridized carbons (Fsp3) is 0.500. The molecular formula is C18H29N7O10S3. The number of aliphatic hydroxyl groups is 1. The van der Waals surface area contributed by atoms with Crippen LogP contribution in [0.4, 0.5) is 17.6 Å². The molecule has 1 aromatic carbocycles. The predicted octanol–water partition coefficient (Wildman–Crippen LogP) is -0.562. The minimum absolute atomic E-state index is 0.0251. The van der Waals surface area contributed by atoms with Gasteiger partial charge in [0.05, 0.1) is 57.3 Å². The summed E-state index contributed by atoms with van der Waals surface area (Å²) in [4.78, 5) is 12.3. The van der Waals surface area contributed by atoms with E-state index >= 15 is 0 Å². The number of benzene rings is 1. The van der Waals surface area contributed by atoms with Gasteiger partial charge in [0.15, 0.2) is 0 Å². The van der Waals surface area contributed by atoms with Crippen molar-refractivity contribution in [3.8, 4) is 0 Å². The number of nitrogens with zero attached hydrogens (tertiary/aromatic N) is 3. The molecule has 214 valence electrons. The maximum atomic E-state index is 12.2. The molecular weight excluding hydrogens is 570 g/mol. The number of hydrogen-bond donors (Lipinski definition) is 6. The molecule has 0 atom stereocenters. The smallest absolute Gasteiger partial charge is 0.296 e. The molecule has 2 rings (SSSR count). The van der Waals surface area contributed by atoms with Crippen molar-refractivity contribution in [3.05, 3.63) is 23.8 Å². The lowest BCUT2D eigenvalue weighted by Gasteiger charge is -2.14. The van der Waals surface area contributed by atoms with E-state index in [-0.39, 0.29) is 73.0 Å². The second kappa shape index (κ2) is 16.0. The molecule has 17 nitrogen and oxygen atoms in total. The van der Waals surface area contributed by atoms with Gasteiger partial charge in [0.2, 0.25) is 17.1 Å². The summed E-state index contributed by atoms with van der Waals surface area (Å²) >= 11 is 0.740. The van der Waals surface area contributed by atoms with Crippen LogP contribution in [0.15, 0.2) is 28.3 Å². The normalized spacial score (nSPS) is 12.0. The Bertz CT molecular complexity index is 1240. The second-order valence-corrected chi connectivity index (χ2v) is 10.9. The minimum Gasteiger partial charge on any atom is -0.394 e. The molecule has 0 saturated carbocycles. The van der Waals surface area contributed by atoms with Crippen LogP contribution in [0.25, 0.3) is 0 Å². The van der Waals surface area contributed by atoms with Gasteiger partial charge in [-0.2, -0.15) is 37.3 Å². The van der Waals surface area contributed by atoms with Crippen LogP contribution in [0, 0.1) is 0 Å². The summed E-state index contributed by atoms with van der Waals surface area (Å²) in [7, 11) is -6.10. The molecule has 6 N–H and O–H groups in total. The number of anilines is 3. The van der Waals surface area contributed by atoms with Gasteiger partial charge in [-0.25, -0.2) is 4.28 Å². The Hall–Kier alpha value is -2.24. The maximum absolute atomic E-state index is 12.2. The van der Waals surface area contributed by atoms with Gasteiger partial charge in [-0.05, 0) is 17.7 Å². The maximum Gasteiger partial charge on any atom is 0.296 e. The van der Waals surface area contributed by atoms with E-state index < -0.39 is 26.0 Å². The third kappa shape index (κ3) is 11.7. The summed E-state index contributed by atoms with van der Waals surface area (Å²) in [5.41, 5.74) is 2.61. The molecule has 1 aromatic heterocycles. The lowest BCUT2D eigenvalue weighted by Crippen LogP contribution is -2.28. The van der Waals surface area contributed by atoms with E-state index in [0.29, 0.717) is 0 Å². The van der Waals surface area contributed by atoms with Crippen LogP contribution < -0.4 is 21.4 Å². The average Bonchev–Trinajstić information content (AvgIpc) is 2.86. The van der Waals surface area contributed by atoms with E-state index in [2.05, 4.69) is 40.6 Å². The first-order chi connectivity index (χ1) is 18.1. The number of methoxy groups -OCH3 is 1. The first kappa shape index (κ1) is 32.0. The number of rotatable bonds is 19. The molecule has 0 bridgehead atoms. The van der Waals surface area contributed by atoms with E-state index in [1.54, 1.807) is 0 Å². The summed E-state index contributed by atoms with van der Waals surface area (Å²) < 4.78 is 76.5. The lowest BCUT2D eigenvalue weighted by molar-refractivity contribution is 0.0991. The second-order valence-electron chi connectivity index (χ2n) is 6.99. The summed E-state index contributed by atoms with van der Waals surface area (Å²) in [6.45, 7) is 1.05. The van der Waals surface area contributed by atoms with Crippen LogP contribution in [-0.2, 0) is 43.9 Å². The highest BCUT2D eigenvalue weighted by molar-refractivity contribution is 7.94. The van der Waals surface area contributed by atoms with Gasteiger partial charge >= 0.3 is 0 Å². The third-order valence-corrected chi connectivity index (χ3v) is 6.65. The van der Waals surface area contributed by atoms with Crippen molar-refractivity contribution in [2.75, 3.05) is 64.6 Å². The highest BCUT2D eigenvalue weighted by Crippen LogP contribution is 2.27. The SMILES string of the molecule is COCNCNOSc1nc(NCCOCCO)nc(Nc2cc(S(=O)(=O)OC)ccc2CS(=O)(=O)O)n1.